The van der Waals surface area contributed by atoms with Gasteiger partial charge in [-0.3, -0.25) is 9.52 Å². The summed E-state index contributed by atoms with van der Waals surface area (Å²) in [6.45, 7) is 5.34. The fourth-order valence-corrected chi connectivity index (χ4v) is 6.35. The molecular weight excluding hydrogens is 456 g/mol. The number of nitrogens with one attached hydrogen (secondary N) is 1. The zero-order valence-corrected chi connectivity index (χ0v) is 20.0. The van der Waals surface area contributed by atoms with E-state index in [1.165, 1.54) is 18.3 Å². The maximum atomic E-state index is 13.1. The summed E-state index contributed by atoms with van der Waals surface area (Å²) in [6, 6.07) is 14.2. The first-order chi connectivity index (χ1) is 15.7. The molecule has 2 aromatic carbocycles. The number of amides is 1. The van der Waals surface area contributed by atoms with Gasteiger partial charge in [-0.1, -0.05) is 11.3 Å². The number of carbonyl (C=O) groups excluding carboxylic acids is 1. The van der Waals surface area contributed by atoms with E-state index in [2.05, 4.69) is 14.7 Å². The van der Waals surface area contributed by atoms with Gasteiger partial charge in [0.15, 0.2) is 0 Å². The number of sulfonamides is 1. The average Bonchev–Trinajstić information content (AvgIpc) is 3.34. The predicted molar refractivity (Wildman–Crippen MR) is 131 cm³/mol. The molecule has 33 heavy (non-hydrogen) atoms. The van der Waals surface area contributed by atoms with Gasteiger partial charge in [0.25, 0.3) is 10.0 Å². The smallest absolute Gasteiger partial charge is 0.261 e. The minimum absolute atomic E-state index is 0.0101. The number of carbonyl (C=O) groups is 1. The lowest BCUT2D eigenvalue weighted by atomic mass is 10.1. The van der Waals surface area contributed by atoms with Gasteiger partial charge in [-0.2, -0.15) is 0 Å². The second-order valence-electron chi connectivity index (χ2n) is 8.21. The van der Waals surface area contributed by atoms with Crippen molar-refractivity contribution in [3.63, 3.8) is 0 Å². The molecule has 0 saturated heterocycles. The first-order valence-corrected chi connectivity index (χ1v) is 12.8. The van der Waals surface area contributed by atoms with Crippen LogP contribution in [0.5, 0.6) is 0 Å². The predicted octanol–water partition coefficient (Wildman–Crippen LogP) is 4.77. The Bertz CT molecular complexity index is 1480. The molecule has 1 aliphatic rings. The SMILES string of the molecule is CC(=O)N1c2ccc(S(=O)(=O)Nc3ccc(-c4nc5cccnc5s4)cc3C)cc2CC1C. The number of hydrogen-bond acceptors (Lipinski definition) is 6. The minimum Gasteiger partial charge on any atom is -0.309 e. The van der Waals surface area contributed by atoms with Gasteiger partial charge in [0, 0.05) is 30.4 Å². The van der Waals surface area contributed by atoms with E-state index in [1.807, 2.05) is 38.1 Å². The normalized spacial score (nSPS) is 15.6. The van der Waals surface area contributed by atoms with Crippen LogP contribution in [0.3, 0.4) is 0 Å². The molecule has 3 heterocycles. The number of thiazole rings is 1. The van der Waals surface area contributed by atoms with Crippen molar-refractivity contribution in [2.24, 2.45) is 0 Å². The highest BCUT2D eigenvalue weighted by Crippen LogP contribution is 2.35. The van der Waals surface area contributed by atoms with Crippen molar-refractivity contribution < 1.29 is 13.2 Å². The summed E-state index contributed by atoms with van der Waals surface area (Å²) in [4.78, 5) is 23.7. The molecule has 1 amide bonds. The summed E-state index contributed by atoms with van der Waals surface area (Å²) >= 11 is 1.50. The first-order valence-electron chi connectivity index (χ1n) is 10.5. The number of anilines is 2. The molecule has 5 rings (SSSR count). The van der Waals surface area contributed by atoms with Crippen LogP contribution >= 0.6 is 11.3 Å². The zero-order valence-electron chi connectivity index (χ0n) is 18.4. The molecule has 9 heteroatoms. The molecule has 2 aromatic heterocycles. The quantitative estimate of drug-likeness (QED) is 0.456. The summed E-state index contributed by atoms with van der Waals surface area (Å²) in [5.41, 5.74) is 4.69. The number of pyridine rings is 1. The van der Waals surface area contributed by atoms with Gasteiger partial charge in [0.2, 0.25) is 5.91 Å². The Balaban J connectivity index is 1.42. The van der Waals surface area contributed by atoms with E-state index >= 15 is 0 Å². The molecule has 1 N–H and O–H groups in total. The van der Waals surface area contributed by atoms with Crippen molar-refractivity contribution >= 4 is 49.0 Å². The van der Waals surface area contributed by atoms with Crippen LogP contribution in [0, 0.1) is 6.92 Å². The standard InChI is InChI=1S/C24H22N4O3S2/c1-14-11-17(23-26-21-5-4-10-25-24(21)32-23)6-8-20(14)27-33(30,31)19-7-9-22-18(13-19)12-15(2)28(22)16(3)29/h4-11,13,15,27H,12H2,1-3H3. The highest BCUT2D eigenvalue weighted by Gasteiger charge is 2.30. The van der Waals surface area contributed by atoms with E-state index in [0.717, 1.165) is 37.7 Å². The first kappa shape index (κ1) is 21.5. The van der Waals surface area contributed by atoms with Gasteiger partial charge in [0.1, 0.15) is 15.4 Å². The Morgan fingerprint density at radius 2 is 2.00 bits per heavy atom. The molecule has 1 atom stereocenters. The lowest BCUT2D eigenvalue weighted by Gasteiger charge is -2.20. The van der Waals surface area contributed by atoms with E-state index in [4.69, 9.17) is 0 Å². The summed E-state index contributed by atoms with van der Waals surface area (Å²) in [7, 11) is -3.79. The van der Waals surface area contributed by atoms with Crippen LogP contribution in [0.25, 0.3) is 20.9 Å². The lowest BCUT2D eigenvalue weighted by molar-refractivity contribution is -0.116. The molecule has 1 unspecified atom stereocenters. The van der Waals surface area contributed by atoms with E-state index in [9.17, 15) is 13.2 Å². The van der Waals surface area contributed by atoms with Gasteiger partial charge in [-0.15, -0.1) is 0 Å². The van der Waals surface area contributed by atoms with Crippen molar-refractivity contribution in [3.8, 4) is 10.6 Å². The second kappa shape index (κ2) is 7.93. The Labute approximate surface area is 196 Å². The molecule has 0 spiro atoms. The van der Waals surface area contributed by atoms with Crippen LogP contribution in [0.15, 0.2) is 59.6 Å². The number of rotatable bonds is 4. The maximum absolute atomic E-state index is 13.1. The average molecular weight is 479 g/mol. The van der Waals surface area contributed by atoms with Crippen LogP contribution in [0.4, 0.5) is 11.4 Å². The number of nitrogens with zero attached hydrogens (tertiary/aromatic N) is 3. The Kier molecular flexibility index (Phi) is 5.18. The van der Waals surface area contributed by atoms with Gasteiger partial charge >= 0.3 is 0 Å². The molecule has 0 aliphatic carbocycles. The van der Waals surface area contributed by atoms with E-state index < -0.39 is 10.0 Å². The number of hydrogen-bond donors (Lipinski definition) is 1. The topological polar surface area (TPSA) is 92.3 Å². The van der Waals surface area contributed by atoms with Crippen LogP contribution in [-0.4, -0.2) is 30.3 Å². The molecule has 7 nitrogen and oxygen atoms in total. The Morgan fingerprint density at radius 1 is 1.18 bits per heavy atom. The summed E-state index contributed by atoms with van der Waals surface area (Å²) in [5, 5.41) is 0.837. The van der Waals surface area contributed by atoms with Crippen LogP contribution in [0.1, 0.15) is 25.0 Å². The summed E-state index contributed by atoms with van der Waals surface area (Å²) in [6.07, 6.45) is 2.37. The highest BCUT2D eigenvalue weighted by atomic mass is 32.2. The van der Waals surface area contributed by atoms with E-state index in [0.29, 0.717) is 12.1 Å². The number of fused-ring (bicyclic) bond motifs is 2. The molecule has 168 valence electrons. The van der Waals surface area contributed by atoms with Crippen molar-refractivity contribution in [3.05, 3.63) is 65.9 Å². The van der Waals surface area contributed by atoms with E-state index in [1.54, 1.807) is 35.4 Å². The van der Waals surface area contributed by atoms with Crippen molar-refractivity contribution in [2.45, 2.75) is 38.1 Å². The molecule has 0 bridgehead atoms. The number of aromatic nitrogens is 2. The maximum Gasteiger partial charge on any atom is 0.261 e. The molecule has 0 radical (unpaired) electrons. The summed E-state index contributed by atoms with van der Waals surface area (Å²) < 4.78 is 28.9. The highest BCUT2D eigenvalue weighted by molar-refractivity contribution is 7.92. The van der Waals surface area contributed by atoms with Crippen LogP contribution < -0.4 is 9.62 Å². The number of aryl methyl sites for hydroxylation is 1. The third kappa shape index (κ3) is 3.87. The van der Waals surface area contributed by atoms with Gasteiger partial charge in [-0.05, 0) is 79.9 Å². The molecule has 0 fully saturated rings. The third-order valence-corrected chi connectivity index (χ3v) is 8.19. The summed E-state index contributed by atoms with van der Waals surface area (Å²) in [5.74, 6) is -0.0467. The zero-order chi connectivity index (χ0) is 23.3. The monoisotopic (exact) mass is 478 g/mol. The Hall–Kier alpha value is -3.30. The Morgan fingerprint density at radius 3 is 2.73 bits per heavy atom. The van der Waals surface area contributed by atoms with Crippen LogP contribution in [-0.2, 0) is 21.2 Å². The minimum atomic E-state index is -3.79. The number of benzene rings is 2. The van der Waals surface area contributed by atoms with Crippen molar-refractivity contribution in [1.82, 2.24) is 9.97 Å². The van der Waals surface area contributed by atoms with Crippen LogP contribution in [0.2, 0.25) is 0 Å². The third-order valence-electron chi connectivity index (χ3n) is 5.80. The molecule has 0 saturated carbocycles. The molecule has 1 aliphatic heterocycles. The van der Waals surface area contributed by atoms with Gasteiger partial charge < -0.3 is 4.90 Å². The van der Waals surface area contributed by atoms with Crippen molar-refractivity contribution in [2.75, 3.05) is 9.62 Å². The largest absolute Gasteiger partial charge is 0.309 e. The molecule has 4 aromatic rings. The van der Waals surface area contributed by atoms with Gasteiger partial charge in [-0.25, -0.2) is 18.4 Å². The van der Waals surface area contributed by atoms with E-state index in [-0.39, 0.29) is 16.8 Å². The lowest BCUT2D eigenvalue weighted by Crippen LogP contribution is -2.33. The van der Waals surface area contributed by atoms with Gasteiger partial charge in [0.05, 0.1) is 10.6 Å². The van der Waals surface area contributed by atoms with Crippen molar-refractivity contribution in [1.29, 1.82) is 0 Å². The fraction of sp³-hybridized carbons (Fsp3) is 0.208. The second-order valence-corrected chi connectivity index (χ2v) is 10.9. The fourth-order valence-electron chi connectivity index (χ4n) is 4.26. The molecular formula is C24H22N4O3S2.